The second-order valence-electron chi connectivity index (χ2n) is 5.66. The van der Waals surface area contributed by atoms with Crippen molar-refractivity contribution in [1.29, 1.82) is 0 Å². The third-order valence-corrected chi connectivity index (χ3v) is 4.22. The van der Waals surface area contributed by atoms with Crippen LogP contribution in [-0.4, -0.2) is 32.0 Å². The van der Waals surface area contributed by atoms with Gasteiger partial charge in [0.25, 0.3) is 5.56 Å². The molecule has 120 valence electrons. The molecule has 3 rings (SSSR count). The van der Waals surface area contributed by atoms with E-state index in [2.05, 4.69) is 5.10 Å². The maximum Gasteiger partial charge on any atom is 0.333 e. The van der Waals surface area contributed by atoms with Crippen molar-refractivity contribution in [3.8, 4) is 5.88 Å². The first-order valence-electron chi connectivity index (χ1n) is 7.26. The molecule has 0 amide bonds. The van der Waals surface area contributed by atoms with Crippen LogP contribution in [0, 0.1) is 0 Å². The zero-order chi connectivity index (χ0) is 16.7. The van der Waals surface area contributed by atoms with Crippen LogP contribution in [0.3, 0.4) is 0 Å². The Hall–Kier alpha value is -2.83. The Balaban J connectivity index is 2.07. The standard InChI is InChI=1S/C16H18N4O3/c1-18-14(21)13(15(22)19(2)16(18)23)11-9-12(20(3)17-11)10-7-5-4-6-8-10/h4-8,12,21H,9H2,1-3H3/t12-/m1/s1. The monoisotopic (exact) mass is 314 g/mol. The highest BCUT2D eigenvalue weighted by Crippen LogP contribution is 2.31. The van der Waals surface area contributed by atoms with Gasteiger partial charge in [0.15, 0.2) is 0 Å². The second-order valence-corrected chi connectivity index (χ2v) is 5.66. The fraction of sp³-hybridized carbons (Fsp3) is 0.312. The molecule has 7 nitrogen and oxygen atoms in total. The van der Waals surface area contributed by atoms with Crippen LogP contribution in [0.5, 0.6) is 5.88 Å². The first-order chi connectivity index (χ1) is 10.9. The van der Waals surface area contributed by atoms with Crippen LogP contribution in [0.15, 0.2) is 45.0 Å². The average Bonchev–Trinajstić information content (AvgIpc) is 2.93. The Morgan fingerprint density at radius 3 is 2.39 bits per heavy atom. The van der Waals surface area contributed by atoms with Crippen LogP contribution < -0.4 is 11.2 Å². The zero-order valence-electron chi connectivity index (χ0n) is 13.2. The highest BCUT2D eigenvalue weighted by molar-refractivity contribution is 6.03. The molecule has 0 fully saturated rings. The molecule has 0 spiro atoms. The van der Waals surface area contributed by atoms with E-state index in [1.54, 1.807) is 5.01 Å². The van der Waals surface area contributed by atoms with E-state index in [9.17, 15) is 14.7 Å². The summed E-state index contributed by atoms with van der Waals surface area (Å²) >= 11 is 0. The summed E-state index contributed by atoms with van der Waals surface area (Å²) in [5, 5.41) is 16.4. The van der Waals surface area contributed by atoms with Crippen LogP contribution in [0.2, 0.25) is 0 Å². The minimum atomic E-state index is -0.567. The van der Waals surface area contributed by atoms with Gasteiger partial charge in [-0.05, 0) is 5.56 Å². The molecule has 1 atom stereocenters. The summed E-state index contributed by atoms with van der Waals surface area (Å²) in [5.74, 6) is -0.348. The van der Waals surface area contributed by atoms with Crippen molar-refractivity contribution in [2.45, 2.75) is 12.5 Å². The van der Waals surface area contributed by atoms with Gasteiger partial charge in [0, 0.05) is 27.6 Å². The SMILES string of the molecule is CN1N=C(c2c(O)n(C)c(=O)n(C)c2=O)C[C@@H]1c1ccccc1. The predicted molar refractivity (Wildman–Crippen MR) is 86.7 cm³/mol. The van der Waals surface area contributed by atoms with Gasteiger partial charge in [0.2, 0.25) is 5.88 Å². The molecule has 0 saturated carbocycles. The van der Waals surface area contributed by atoms with Gasteiger partial charge in [-0.2, -0.15) is 5.10 Å². The number of benzene rings is 1. The molecular formula is C16H18N4O3. The predicted octanol–water partition coefficient (Wildman–Crippen LogP) is 0.570. The molecule has 7 heteroatoms. The number of aromatic hydroxyl groups is 1. The van der Waals surface area contributed by atoms with Crippen molar-refractivity contribution in [2.24, 2.45) is 19.2 Å². The smallest absolute Gasteiger partial charge is 0.333 e. The van der Waals surface area contributed by atoms with Crippen molar-refractivity contribution >= 4 is 5.71 Å². The lowest BCUT2D eigenvalue weighted by Gasteiger charge is -2.18. The number of hydrogen-bond acceptors (Lipinski definition) is 5. The Bertz CT molecular complexity index is 896. The summed E-state index contributed by atoms with van der Waals surface area (Å²) < 4.78 is 2.03. The summed E-state index contributed by atoms with van der Waals surface area (Å²) in [7, 11) is 4.64. The highest BCUT2D eigenvalue weighted by Gasteiger charge is 2.30. The van der Waals surface area contributed by atoms with E-state index in [1.165, 1.54) is 14.1 Å². The molecule has 1 N–H and O–H groups in total. The molecule has 1 aliphatic rings. The topological polar surface area (TPSA) is 79.8 Å². The second kappa shape index (κ2) is 5.42. The number of aromatic nitrogens is 2. The summed E-state index contributed by atoms with van der Waals surface area (Å²) in [5.41, 5.74) is 0.541. The lowest BCUT2D eigenvalue weighted by molar-refractivity contribution is 0.290. The molecule has 2 heterocycles. The molecule has 0 bridgehead atoms. The fourth-order valence-electron chi connectivity index (χ4n) is 2.86. The third kappa shape index (κ3) is 2.34. The van der Waals surface area contributed by atoms with Gasteiger partial charge in [-0.15, -0.1) is 0 Å². The average molecular weight is 314 g/mol. The maximum absolute atomic E-state index is 12.4. The summed E-state index contributed by atoms with van der Waals surface area (Å²) in [6.07, 6.45) is 0.488. The van der Waals surface area contributed by atoms with Crippen molar-refractivity contribution in [2.75, 3.05) is 7.05 Å². The van der Waals surface area contributed by atoms with Crippen LogP contribution >= 0.6 is 0 Å². The molecule has 1 aromatic carbocycles. The lowest BCUT2D eigenvalue weighted by atomic mass is 9.99. The van der Waals surface area contributed by atoms with E-state index < -0.39 is 11.2 Å². The van der Waals surface area contributed by atoms with Gasteiger partial charge in [0.1, 0.15) is 5.56 Å². The number of nitrogens with zero attached hydrogens (tertiary/aromatic N) is 4. The molecule has 23 heavy (non-hydrogen) atoms. The first kappa shape index (κ1) is 15.1. The normalized spacial score (nSPS) is 17.4. The molecule has 1 aromatic heterocycles. The van der Waals surface area contributed by atoms with E-state index in [-0.39, 0.29) is 17.5 Å². The Morgan fingerprint density at radius 2 is 1.74 bits per heavy atom. The summed E-state index contributed by atoms with van der Waals surface area (Å²) in [4.78, 5) is 24.2. The van der Waals surface area contributed by atoms with E-state index in [4.69, 9.17) is 0 Å². The van der Waals surface area contributed by atoms with E-state index >= 15 is 0 Å². The first-order valence-corrected chi connectivity index (χ1v) is 7.26. The lowest BCUT2D eigenvalue weighted by Crippen LogP contribution is -2.39. The minimum Gasteiger partial charge on any atom is -0.494 e. The van der Waals surface area contributed by atoms with E-state index in [0.717, 1.165) is 14.7 Å². The number of hydrazone groups is 1. The van der Waals surface area contributed by atoms with Crippen molar-refractivity contribution in [3.63, 3.8) is 0 Å². The van der Waals surface area contributed by atoms with Crippen molar-refractivity contribution < 1.29 is 5.11 Å². The van der Waals surface area contributed by atoms with E-state index in [1.807, 2.05) is 37.4 Å². The molecule has 0 saturated heterocycles. The van der Waals surface area contributed by atoms with E-state index in [0.29, 0.717) is 12.1 Å². The van der Waals surface area contributed by atoms with Crippen LogP contribution in [0.25, 0.3) is 0 Å². The maximum atomic E-state index is 12.4. The molecular weight excluding hydrogens is 296 g/mol. The Morgan fingerprint density at radius 1 is 1.09 bits per heavy atom. The number of hydrogen-bond donors (Lipinski definition) is 1. The molecule has 1 aliphatic heterocycles. The van der Waals surface area contributed by atoms with Crippen LogP contribution in [0.1, 0.15) is 23.6 Å². The zero-order valence-corrected chi connectivity index (χ0v) is 13.2. The largest absolute Gasteiger partial charge is 0.494 e. The fourth-order valence-corrected chi connectivity index (χ4v) is 2.86. The summed E-state index contributed by atoms with van der Waals surface area (Å²) in [6.45, 7) is 0. The number of rotatable bonds is 2. The Labute approximate surface area is 132 Å². The van der Waals surface area contributed by atoms with Gasteiger partial charge in [-0.1, -0.05) is 30.3 Å². The highest BCUT2D eigenvalue weighted by atomic mass is 16.3. The van der Waals surface area contributed by atoms with Crippen molar-refractivity contribution in [1.82, 2.24) is 14.1 Å². The summed E-state index contributed by atoms with van der Waals surface area (Å²) in [6, 6.07) is 9.83. The quantitative estimate of drug-likeness (QED) is 0.879. The Kier molecular flexibility index (Phi) is 3.55. The van der Waals surface area contributed by atoms with Crippen LogP contribution in [-0.2, 0) is 14.1 Å². The molecule has 0 unspecified atom stereocenters. The van der Waals surface area contributed by atoms with Gasteiger partial charge in [-0.3, -0.25) is 18.9 Å². The van der Waals surface area contributed by atoms with Gasteiger partial charge in [0.05, 0.1) is 11.8 Å². The third-order valence-electron chi connectivity index (χ3n) is 4.22. The van der Waals surface area contributed by atoms with Crippen LogP contribution in [0.4, 0.5) is 0 Å². The molecule has 0 aliphatic carbocycles. The van der Waals surface area contributed by atoms with Gasteiger partial charge < -0.3 is 5.11 Å². The van der Waals surface area contributed by atoms with Crippen molar-refractivity contribution in [3.05, 3.63) is 62.3 Å². The molecule has 0 radical (unpaired) electrons. The minimum absolute atomic E-state index is 0.00691. The van der Waals surface area contributed by atoms with Gasteiger partial charge in [-0.25, -0.2) is 4.79 Å². The van der Waals surface area contributed by atoms with Gasteiger partial charge >= 0.3 is 5.69 Å². The molecule has 2 aromatic rings.